The van der Waals surface area contributed by atoms with E-state index in [1.165, 1.54) is 11.1 Å². The van der Waals surface area contributed by atoms with E-state index in [9.17, 15) is 35.4 Å². The van der Waals surface area contributed by atoms with Gasteiger partial charge in [0.05, 0.1) is 13.1 Å². The van der Waals surface area contributed by atoms with Gasteiger partial charge in [-0.1, -0.05) is 95.2 Å². The molecular weight excluding hydrogens is 644 g/mol. The fourth-order valence-corrected chi connectivity index (χ4v) is 3.96. The number of hydrogen-bond acceptors (Lipinski definition) is 4. The Balaban J connectivity index is 0.00000206. The van der Waals surface area contributed by atoms with Crippen LogP contribution in [0.25, 0.3) is 0 Å². The third kappa shape index (κ3) is 15.3. The Labute approximate surface area is 269 Å². The topological polar surface area (TPSA) is 65.2 Å². The molecular formula is C32H48F6MnN2O2P-. The van der Waals surface area contributed by atoms with Crippen molar-refractivity contribution in [2.45, 2.75) is 105 Å². The fourth-order valence-electron chi connectivity index (χ4n) is 3.96. The largest absolute Gasteiger partial charge is 0 e. The molecule has 12 heteroatoms. The van der Waals surface area contributed by atoms with E-state index in [2.05, 4.69) is 105 Å². The fraction of sp³-hybridized carbons (Fsp3) is 0.562. The van der Waals surface area contributed by atoms with Crippen molar-refractivity contribution in [3.63, 3.8) is 0 Å². The van der Waals surface area contributed by atoms with Crippen molar-refractivity contribution in [2.24, 2.45) is 9.98 Å². The van der Waals surface area contributed by atoms with Crippen molar-refractivity contribution in [3.8, 4) is 11.5 Å². The molecule has 0 saturated heterocycles. The summed E-state index contributed by atoms with van der Waals surface area (Å²) in [7, 11) is -10.7. The van der Waals surface area contributed by atoms with E-state index in [4.69, 9.17) is 0 Å². The third-order valence-electron chi connectivity index (χ3n) is 6.45. The Morgan fingerprint density at radius 3 is 1.00 bits per heavy atom. The first-order chi connectivity index (χ1) is 18.7. The average Bonchev–Trinajstić information content (AvgIpc) is 2.72. The summed E-state index contributed by atoms with van der Waals surface area (Å²) in [5, 5.41) is 21.9. The molecule has 0 atom stereocenters. The number of phenols is 2. The Morgan fingerprint density at radius 2 is 0.795 bits per heavy atom. The maximum Gasteiger partial charge on any atom is 0 e. The molecule has 1 radical (unpaired) electrons. The Kier molecular flexibility index (Phi) is 12.3. The molecule has 0 unspecified atom stereocenters. The summed E-state index contributed by atoms with van der Waals surface area (Å²) in [6.07, 6.45) is 3.51. The van der Waals surface area contributed by atoms with Crippen molar-refractivity contribution in [1.82, 2.24) is 0 Å². The minimum atomic E-state index is -10.7. The summed E-state index contributed by atoms with van der Waals surface area (Å²) in [6.45, 7) is 26.7. The van der Waals surface area contributed by atoms with Gasteiger partial charge in [0.1, 0.15) is 11.5 Å². The quantitative estimate of drug-likeness (QED) is 0.108. The number of aromatic hydroxyl groups is 2. The van der Waals surface area contributed by atoms with Gasteiger partial charge in [0.25, 0.3) is 0 Å². The summed E-state index contributed by atoms with van der Waals surface area (Å²) in [6, 6.07) is 8.28. The van der Waals surface area contributed by atoms with E-state index < -0.39 is 7.81 Å². The van der Waals surface area contributed by atoms with Crippen LogP contribution in [-0.4, -0.2) is 35.7 Å². The van der Waals surface area contributed by atoms with Gasteiger partial charge in [0.15, 0.2) is 0 Å². The van der Waals surface area contributed by atoms with Gasteiger partial charge < -0.3 is 10.2 Å². The predicted molar refractivity (Wildman–Crippen MR) is 170 cm³/mol. The van der Waals surface area contributed by atoms with Crippen LogP contribution < -0.4 is 0 Å². The monoisotopic (exact) mass is 692 g/mol. The number of rotatable bonds is 5. The van der Waals surface area contributed by atoms with Crippen LogP contribution in [0.15, 0.2) is 34.3 Å². The second kappa shape index (κ2) is 13.0. The molecule has 0 aliphatic carbocycles. The first-order valence-electron chi connectivity index (χ1n) is 14.0. The van der Waals surface area contributed by atoms with Crippen LogP contribution in [0.3, 0.4) is 0 Å². The van der Waals surface area contributed by atoms with Crippen molar-refractivity contribution in [1.29, 1.82) is 0 Å². The number of hydrogen-bond donors (Lipinski definition) is 2. The van der Waals surface area contributed by atoms with Crippen molar-refractivity contribution in [2.75, 3.05) is 13.1 Å². The zero-order chi connectivity index (χ0) is 34.1. The van der Waals surface area contributed by atoms with Crippen LogP contribution in [-0.2, 0) is 38.7 Å². The molecule has 0 saturated carbocycles. The molecule has 2 rings (SSSR count). The standard InChI is InChI=1S/C32H48N2O2.F6P.Mn/c1-29(2,3)23-15-21(27(35)25(17-23)31(7,8)9)19-33-13-14-34-20-22-16-24(30(4,5)6)18-26(28(22)36)32(10,11)12;1-7(2,3,4,5)6;/h15-20,35-36H,13-14H2,1-12H3;;/q;-1;. The van der Waals surface area contributed by atoms with Gasteiger partial charge in [-0.25, -0.2) is 0 Å². The molecule has 0 amide bonds. The average molecular weight is 693 g/mol. The molecule has 4 nitrogen and oxygen atoms in total. The normalized spacial score (nSPS) is 15.0. The maximum absolute atomic E-state index is 10.9. The maximum atomic E-state index is 10.9. The zero-order valence-corrected chi connectivity index (χ0v) is 29.8. The molecule has 2 aromatic rings. The van der Waals surface area contributed by atoms with E-state index in [0.717, 1.165) is 22.3 Å². The van der Waals surface area contributed by atoms with E-state index in [1.54, 1.807) is 12.4 Å². The van der Waals surface area contributed by atoms with Crippen LogP contribution in [0.2, 0.25) is 0 Å². The zero-order valence-electron chi connectivity index (χ0n) is 27.8. The van der Waals surface area contributed by atoms with E-state index >= 15 is 0 Å². The van der Waals surface area contributed by atoms with Gasteiger partial charge in [-0.15, -0.1) is 0 Å². The molecule has 253 valence electrons. The van der Waals surface area contributed by atoms with Crippen LogP contribution >= 0.6 is 7.81 Å². The van der Waals surface area contributed by atoms with E-state index in [1.807, 2.05) is 12.1 Å². The van der Waals surface area contributed by atoms with E-state index in [-0.39, 0.29) is 38.7 Å². The van der Waals surface area contributed by atoms with Crippen molar-refractivity contribution in [3.05, 3.63) is 57.6 Å². The van der Waals surface area contributed by atoms with Crippen molar-refractivity contribution >= 4 is 20.2 Å². The Hall–Kier alpha value is -2.09. The Bertz CT molecular complexity index is 1260. The molecule has 44 heavy (non-hydrogen) atoms. The first-order valence-corrected chi connectivity index (χ1v) is 16.0. The Morgan fingerprint density at radius 1 is 0.545 bits per heavy atom. The SMILES string of the molecule is CC(C)(C)c1cc(C=NCCN=Cc2cc(C(C)(C)C)cc(C(C)(C)C)c2O)c(O)c(C(C)(C)C)c1.F[P-](F)(F)(F)(F)F.[Mn]. The second-order valence-corrected chi connectivity index (χ2v) is 16.9. The van der Waals surface area contributed by atoms with E-state index in [0.29, 0.717) is 24.6 Å². The van der Waals surface area contributed by atoms with Crippen LogP contribution in [0, 0.1) is 0 Å². The number of phenolic OH excluding ortho intramolecular Hbond substituents is 2. The molecule has 0 fully saturated rings. The van der Waals surface area contributed by atoms with Gasteiger partial charge in [0, 0.05) is 51.8 Å². The molecule has 0 aliphatic heterocycles. The smallest absolute Gasteiger partial charge is 0 e. The second-order valence-electron chi connectivity index (χ2n) is 15.0. The minimum absolute atomic E-state index is 0. The van der Waals surface area contributed by atoms with Gasteiger partial charge >= 0.3 is 33.0 Å². The predicted octanol–water partition coefficient (Wildman–Crippen LogP) is 11.2. The molecule has 0 aliphatic rings. The number of aliphatic imine (C=N–C) groups is 2. The van der Waals surface area contributed by atoms with Crippen LogP contribution in [0.5, 0.6) is 11.5 Å². The van der Waals surface area contributed by atoms with Gasteiger partial charge in [0.2, 0.25) is 0 Å². The number of nitrogens with zero attached hydrogens (tertiary/aromatic N) is 2. The molecule has 2 N–H and O–H groups in total. The molecule has 2 aromatic carbocycles. The summed E-state index contributed by atoms with van der Waals surface area (Å²) in [5.41, 5.74) is 5.27. The minimum Gasteiger partial charge on any atom is 0 e. The third-order valence-corrected chi connectivity index (χ3v) is 6.45. The summed E-state index contributed by atoms with van der Waals surface area (Å²) < 4.78 is 59.2. The van der Waals surface area contributed by atoms with Gasteiger partial charge in [-0.3, -0.25) is 9.98 Å². The molecule has 0 aromatic heterocycles. The molecule has 0 spiro atoms. The van der Waals surface area contributed by atoms with Gasteiger partial charge in [-0.2, -0.15) is 0 Å². The summed E-state index contributed by atoms with van der Waals surface area (Å²) in [4.78, 5) is 9.11. The first kappa shape index (κ1) is 41.9. The van der Waals surface area contributed by atoms with Crippen LogP contribution in [0.1, 0.15) is 116 Å². The summed E-state index contributed by atoms with van der Waals surface area (Å²) >= 11 is 0. The van der Waals surface area contributed by atoms with Crippen LogP contribution in [0.4, 0.5) is 25.2 Å². The number of benzene rings is 2. The summed E-state index contributed by atoms with van der Waals surface area (Å²) in [5.74, 6) is 0.586. The van der Waals surface area contributed by atoms with Gasteiger partial charge in [-0.05, 0) is 44.9 Å². The molecule has 0 bridgehead atoms. The van der Waals surface area contributed by atoms with Crippen molar-refractivity contribution < 1.29 is 52.5 Å². The number of halogens is 6. The molecule has 0 heterocycles.